The number of anilines is 1. The number of aromatic hydroxyl groups is 1. The Hall–Kier alpha value is -2.17. The molecule has 0 saturated heterocycles. The smallest absolute Gasteiger partial charge is 0.161 e. The van der Waals surface area contributed by atoms with Gasteiger partial charge in [-0.2, -0.15) is 5.10 Å². The minimum Gasteiger partial charge on any atom is -0.504 e. The van der Waals surface area contributed by atoms with E-state index in [1.165, 1.54) is 0 Å². The van der Waals surface area contributed by atoms with Crippen molar-refractivity contribution < 1.29 is 9.84 Å². The Labute approximate surface area is 119 Å². The number of aromatic nitrogens is 2. The molecule has 1 aromatic carbocycles. The number of benzene rings is 1. The molecule has 5 nitrogen and oxygen atoms in total. The van der Waals surface area contributed by atoms with E-state index in [4.69, 9.17) is 4.74 Å². The normalized spacial score (nSPS) is 10.6. The molecular weight excluding hydrogens is 254 g/mol. The standard InChI is InChI=1S/C15H21N3O2/c1-4-12-13(10-18(3)17-12)16-9-11-6-7-14(19)15(8-11)20-5-2/h6-8,10,16,19H,4-5,9H2,1-3H3. The first-order valence-electron chi connectivity index (χ1n) is 6.85. The molecule has 0 atom stereocenters. The van der Waals surface area contributed by atoms with Crippen LogP contribution in [0.25, 0.3) is 0 Å². The van der Waals surface area contributed by atoms with E-state index in [0.717, 1.165) is 23.4 Å². The summed E-state index contributed by atoms with van der Waals surface area (Å²) in [4.78, 5) is 0. The van der Waals surface area contributed by atoms with Crippen LogP contribution in [-0.2, 0) is 20.0 Å². The maximum Gasteiger partial charge on any atom is 0.161 e. The van der Waals surface area contributed by atoms with Gasteiger partial charge in [0, 0.05) is 19.8 Å². The summed E-state index contributed by atoms with van der Waals surface area (Å²) in [5.74, 6) is 0.694. The highest BCUT2D eigenvalue weighted by Gasteiger charge is 2.07. The molecule has 2 N–H and O–H groups in total. The van der Waals surface area contributed by atoms with Crippen LogP contribution in [0, 0.1) is 0 Å². The van der Waals surface area contributed by atoms with Crippen molar-refractivity contribution in [3.63, 3.8) is 0 Å². The zero-order valence-corrected chi connectivity index (χ0v) is 12.2. The van der Waals surface area contributed by atoms with Crippen molar-refractivity contribution in [2.24, 2.45) is 7.05 Å². The van der Waals surface area contributed by atoms with Gasteiger partial charge in [-0.05, 0) is 31.0 Å². The van der Waals surface area contributed by atoms with E-state index in [1.807, 2.05) is 37.0 Å². The molecule has 0 aliphatic carbocycles. The van der Waals surface area contributed by atoms with Crippen LogP contribution in [-0.4, -0.2) is 21.5 Å². The summed E-state index contributed by atoms with van der Waals surface area (Å²) >= 11 is 0. The summed E-state index contributed by atoms with van der Waals surface area (Å²) in [5, 5.41) is 17.4. The number of aryl methyl sites for hydroxylation is 2. The highest BCUT2D eigenvalue weighted by Crippen LogP contribution is 2.27. The zero-order valence-electron chi connectivity index (χ0n) is 12.2. The van der Waals surface area contributed by atoms with Crippen LogP contribution in [0.2, 0.25) is 0 Å². The van der Waals surface area contributed by atoms with E-state index < -0.39 is 0 Å². The van der Waals surface area contributed by atoms with Gasteiger partial charge in [-0.3, -0.25) is 4.68 Å². The molecule has 0 spiro atoms. The molecule has 2 aromatic rings. The molecule has 0 aliphatic rings. The Morgan fingerprint density at radius 3 is 2.85 bits per heavy atom. The number of phenolic OH excluding ortho intramolecular Hbond substituents is 1. The van der Waals surface area contributed by atoms with Gasteiger partial charge in [0.05, 0.1) is 18.0 Å². The van der Waals surface area contributed by atoms with E-state index in [-0.39, 0.29) is 5.75 Å². The first kappa shape index (κ1) is 14.2. The maximum atomic E-state index is 9.68. The van der Waals surface area contributed by atoms with Crippen molar-refractivity contribution in [2.75, 3.05) is 11.9 Å². The van der Waals surface area contributed by atoms with Crippen LogP contribution in [0.1, 0.15) is 25.1 Å². The Morgan fingerprint density at radius 2 is 2.15 bits per heavy atom. The molecule has 0 bridgehead atoms. The summed E-state index contributed by atoms with van der Waals surface area (Å²) in [5.41, 5.74) is 3.15. The number of ether oxygens (including phenoxy) is 1. The average Bonchev–Trinajstić information content (AvgIpc) is 2.80. The van der Waals surface area contributed by atoms with Crippen molar-refractivity contribution in [3.05, 3.63) is 35.7 Å². The lowest BCUT2D eigenvalue weighted by Crippen LogP contribution is -2.01. The van der Waals surface area contributed by atoms with Crippen molar-refractivity contribution in [3.8, 4) is 11.5 Å². The van der Waals surface area contributed by atoms with Crippen molar-refractivity contribution >= 4 is 5.69 Å². The highest BCUT2D eigenvalue weighted by atomic mass is 16.5. The second-order valence-electron chi connectivity index (χ2n) is 4.61. The second-order valence-corrected chi connectivity index (χ2v) is 4.61. The van der Waals surface area contributed by atoms with Gasteiger partial charge in [-0.1, -0.05) is 13.0 Å². The molecule has 0 saturated carbocycles. The van der Waals surface area contributed by atoms with Crippen LogP contribution >= 0.6 is 0 Å². The molecule has 108 valence electrons. The SMILES string of the molecule is CCOc1cc(CNc2cn(C)nc2CC)ccc1O. The van der Waals surface area contributed by atoms with Crippen molar-refractivity contribution in [1.82, 2.24) is 9.78 Å². The number of nitrogens with zero attached hydrogens (tertiary/aromatic N) is 2. The summed E-state index contributed by atoms with van der Waals surface area (Å²) in [6.45, 7) is 5.18. The van der Waals surface area contributed by atoms with E-state index >= 15 is 0 Å². The van der Waals surface area contributed by atoms with Crippen LogP contribution in [0.5, 0.6) is 11.5 Å². The third-order valence-electron chi connectivity index (χ3n) is 3.05. The number of phenols is 1. The predicted molar refractivity (Wildman–Crippen MR) is 79.2 cm³/mol. The van der Waals surface area contributed by atoms with Gasteiger partial charge in [-0.25, -0.2) is 0 Å². The van der Waals surface area contributed by atoms with Gasteiger partial charge in [0.1, 0.15) is 0 Å². The lowest BCUT2D eigenvalue weighted by molar-refractivity contribution is 0.318. The van der Waals surface area contributed by atoms with E-state index in [2.05, 4.69) is 17.3 Å². The maximum absolute atomic E-state index is 9.68. The van der Waals surface area contributed by atoms with E-state index in [1.54, 1.807) is 6.07 Å². The van der Waals surface area contributed by atoms with Gasteiger partial charge in [0.15, 0.2) is 11.5 Å². The monoisotopic (exact) mass is 275 g/mol. The number of nitrogens with one attached hydrogen (secondary N) is 1. The van der Waals surface area contributed by atoms with Crippen LogP contribution in [0.3, 0.4) is 0 Å². The summed E-state index contributed by atoms with van der Waals surface area (Å²) < 4.78 is 7.19. The Bertz CT molecular complexity index is 578. The summed E-state index contributed by atoms with van der Waals surface area (Å²) in [7, 11) is 1.91. The molecule has 0 unspecified atom stereocenters. The Kier molecular flexibility index (Phi) is 4.50. The van der Waals surface area contributed by atoms with E-state index in [0.29, 0.717) is 18.9 Å². The van der Waals surface area contributed by atoms with E-state index in [9.17, 15) is 5.11 Å². The lowest BCUT2D eigenvalue weighted by Gasteiger charge is -2.09. The largest absolute Gasteiger partial charge is 0.504 e. The molecular formula is C15H21N3O2. The average molecular weight is 275 g/mol. The molecule has 0 amide bonds. The second kappa shape index (κ2) is 6.32. The quantitative estimate of drug-likeness (QED) is 0.851. The van der Waals surface area contributed by atoms with Gasteiger partial charge < -0.3 is 15.2 Å². The fourth-order valence-electron chi connectivity index (χ4n) is 2.08. The zero-order chi connectivity index (χ0) is 14.5. The van der Waals surface area contributed by atoms with Crippen molar-refractivity contribution in [1.29, 1.82) is 0 Å². The topological polar surface area (TPSA) is 59.3 Å². The molecule has 1 heterocycles. The molecule has 0 aliphatic heterocycles. The van der Waals surface area contributed by atoms with Gasteiger partial charge in [0.2, 0.25) is 0 Å². The number of hydrogen-bond acceptors (Lipinski definition) is 4. The molecule has 2 rings (SSSR count). The molecule has 1 aromatic heterocycles. The van der Waals surface area contributed by atoms with Crippen molar-refractivity contribution in [2.45, 2.75) is 26.8 Å². The minimum atomic E-state index is 0.172. The highest BCUT2D eigenvalue weighted by molar-refractivity contribution is 5.48. The first-order valence-corrected chi connectivity index (χ1v) is 6.85. The number of rotatable bonds is 6. The van der Waals surface area contributed by atoms with Gasteiger partial charge >= 0.3 is 0 Å². The number of hydrogen-bond donors (Lipinski definition) is 2. The Balaban J connectivity index is 2.08. The third-order valence-corrected chi connectivity index (χ3v) is 3.05. The van der Waals surface area contributed by atoms with Crippen LogP contribution in [0.4, 0.5) is 5.69 Å². The Morgan fingerprint density at radius 1 is 1.35 bits per heavy atom. The fourth-order valence-corrected chi connectivity index (χ4v) is 2.08. The molecule has 5 heteroatoms. The summed E-state index contributed by atoms with van der Waals surface area (Å²) in [6, 6.07) is 5.40. The minimum absolute atomic E-state index is 0.172. The first-order chi connectivity index (χ1) is 9.63. The molecule has 0 fully saturated rings. The lowest BCUT2D eigenvalue weighted by atomic mass is 10.2. The predicted octanol–water partition coefficient (Wildman–Crippen LogP) is 2.70. The third kappa shape index (κ3) is 3.23. The fraction of sp³-hybridized carbons (Fsp3) is 0.400. The molecule has 20 heavy (non-hydrogen) atoms. The van der Waals surface area contributed by atoms with Gasteiger partial charge in [-0.15, -0.1) is 0 Å². The summed E-state index contributed by atoms with van der Waals surface area (Å²) in [6.07, 6.45) is 2.87. The molecule has 0 radical (unpaired) electrons. The van der Waals surface area contributed by atoms with Crippen LogP contribution in [0.15, 0.2) is 24.4 Å². The van der Waals surface area contributed by atoms with Gasteiger partial charge in [0.25, 0.3) is 0 Å². The van der Waals surface area contributed by atoms with Crippen LogP contribution < -0.4 is 10.1 Å².